The molecule has 0 radical (unpaired) electrons. The predicted molar refractivity (Wildman–Crippen MR) is 194 cm³/mol. The Hall–Kier alpha value is -6.12. The Labute approximate surface area is 267 Å². The van der Waals surface area contributed by atoms with Crippen LogP contribution in [0.25, 0.3) is 65.7 Å². The fourth-order valence-corrected chi connectivity index (χ4v) is 6.75. The van der Waals surface area contributed by atoms with Crippen LogP contribution in [-0.2, 0) is 0 Å². The topological polar surface area (TPSA) is 16.4 Å². The van der Waals surface area contributed by atoms with Crippen LogP contribution >= 0.6 is 0 Å². The molecule has 0 unspecified atom stereocenters. The van der Waals surface area contributed by atoms with Crippen LogP contribution in [0.15, 0.2) is 180 Å². The second kappa shape index (κ2) is 10.8. The van der Waals surface area contributed by atoms with Crippen LogP contribution in [0.1, 0.15) is 0 Å². The number of hydrogen-bond donors (Lipinski definition) is 0. The molecular weight excluding hydrogens is 558 g/mol. The number of para-hydroxylation sites is 1. The van der Waals surface area contributed by atoms with Crippen molar-refractivity contribution in [2.75, 3.05) is 4.90 Å². The van der Waals surface area contributed by atoms with Crippen molar-refractivity contribution in [2.24, 2.45) is 0 Å². The molecule has 9 aromatic rings. The van der Waals surface area contributed by atoms with E-state index in [2.05, 4.69) is 169 Å². The fourth-order valence-electron chi connectivity index (χ4n) is 6.75. The molecule has 0 amide bonds. The molecule has 0 spiro atoms. The van der Waals surface area contributed by atoms with Gasteiger partial charge in [-0.05, 0) is 92.3 Å². The summed E-state index contributed by atoms with van der Waals surface area (Å²) >= 11 is 0. The lowest BCUT2D eigenvalue weighted by Gasteiger charge is -2.26. The predicted octanol–water partition coefficient (Wildman–Crippen LogP) is 12.7. The van der Waals surface area contributed by atoms with Gasteiger partial charge in [-0.15, -0.1) is 0 Å². The molecule has 1 heterocycles. The van der Waals surface area contributed by atoms with Crippen molar-refractivity contribution >= 4 is 60.5 Å². The largest absolute Gasteiger partial charge is 0.456 e. The zero-order valence-corrected chi connectivity index (χ0v) is 25.1. The molecule has 0 aliphatic heterocycles. The highest BCUT2D eigenvalue weighted by atomic mass is 16.3. The molecule has 0 bridgehead atoms. The second-order valence-electron chi connectivity index (χ2n) is 11.8. The van der Waals surface area contributed by atoms with Gasteiger partial charge in [-0.3, -0.25) is 0 Å². The van der Waals surface area contributed by atoms with E-state index < -0.39 is 0 Å². The van der Waals surface area contributed by atoms with E-state index in [-0.39, 0.29) is 0 Å². The lowest BCUT2D eigenvalue weighted by Crippen LogP contribution is -2.09. The van der Waals surface area contributed by atoms with Gasteiger partial charge in [-0.25, -0.2) is 0 Å². The molecule has 8 aromatic carbocycles. The average Bonchev–Trinajstić information content (AvgIpc) is 3.50. The van der Waals surface area contributed by atoms with Gasteiger partial charge in [0.25, 0.3) is 0 Å². The molecule has 2 nitrogen and oxygen atoms in total. The zero-order valence-electron chi connectivity index (χ0n) is 25.1. The van der Waals surface area contributed by atoms with Gasteiger partial charge >= 0.3 is 0 Å². The third-order valence-corrected chi connectivity index (χ3v) is 9.04. The van der Waals surface area contributed by atoms with Crippen molar-refractivity contribution in [2.45, 2.75) is 0 Å². The highest BCUT2D eigenvalue weighted by molar-refractivity contribution is 6.06. The maximum Gasteiger partial charge on any atom is 0.137 e. The molecule has 216 valence electrons. The number of benzene rings is 8. The van der Waals surface area contributed by atoms with Crippen LogP contribution in [0.4, 0.5) is 17.1 Å². The summed E-state index contributed by atoms with van der Waals surface area (Å²) in [6.07, 6.45) is 0. The third-order valence-electron chi connectivity index (χ3n) is 9.04. The third kappa shape index (κ3) is 4.51. The van der Waals surface area contributed by atoms with Gasteiger partial charge in [0.15, 0.2) is 0 Å². The molecule has 46 heavy (non-hydrogen) atoms. The van der Waals surface area contributed by atoms with Crippen LogP contribution in [0.5, 0.6) is 0 Å². The summed E-state index contributed by atoms with van der Waals surface area (Å²) in [7, 11) is 0. The molecule has 0 atom stereocenters. The minimum atomic E-state index is 0.880. The first-order valence-electron chi connectivity index (χ1n) is 15.7. The molecule has 1 aromatic heterocycles. The first kappa shape index (κ1) is 26.3. The molecule has 0 saturated heterocycles. The zero-order chi connectivity index (χ0) is 30.5. The van der Waals surface area contributed by atoms with Crippen molar-refractivity contribution in [3.8, 4) is 22.3 Å². The van der Waals surface area contributed by atoms with Crippen molar-refractivity contribution in [3.63, 3.8) is 0 Å². The first-order chi connectivity index (χ1) is 22.8. The molecule has 0 saturated carbocycles. The number of nitrogens with zero attached hydrogens (tertiary/aromatic N) is 1. The molecule has 2 heteroatoms. The number of rotatable bonds is 5. The van der Waals surface area contributed by atoms with Crippen LogP contribution in [0, 0.1) is 0 Å². The Morgan fingerprint density at radius 1 is 0.326 bits per heavy atom. The van der Waals surface area contributed by atoms with Crippen LogP contribution in [0.3, 0.4) is 0 Å². The number of anilines is 3. The minimum Gasteiger partial charge on any atom is -0.456 e. The summed E-state index contributed by atoms with van der Waals surface area (Å²) in [5.74, 6) is 0. The van der Waals surface area contributed by atoms with Gasteiger partial charge in [-0.1, -0.05) is 121 Å². The number of hydrogen-bond acceptors (Lipinski definition) is 2. The van der Waals surface area contributed by atoms with E-state index in [1.165, 1.54) is 43.8 Å². The Balaban J connectivity index is 1.17. The summed E-state index contributed by atoms with van der Waals surface area (Å²) in [4.78, 5) is 2.32. The Morgan fingerprint density at radius 2 is 0.935 bits per heavy atom. The van der Waals surface area contributed by atoms with E-state index in [0.717, 1.165) is 39.0 Å². The van der Waals surface area contributed by atoms with E-state index in [9.17, 15) is 0 Å². The number of fused-ring (bicyclic) bond motifs is 5. The summed E-state index contributed by atoms with van der Waals surface area (Å²) in [5.41, 5.74) is 9.88. The van der Waals surface area contributed by atoms with Gasteiger partial charge in [0.2, 0.25) is 0 Å². The van der Waals surface area contributed by atoms with Crippen molar-refractivity contribution in [1.29, 1.82) is 0 Å². The van der Waals surface area contributed by atoms with Crippen LogP contribution < -0.4 is 4.90 Å². The van der Waals surface area contributed by atoms with Crippen molar-refractivity contribution < 1.29 is 4.42 Å². The minimum absolute atomic E-state index is 0.880. The van der Waals surface area contributed by atoms with Gasteiger partial charge in [0.05, 0.1) is 0 Å². The first-order valence-corrected chi connectivity index (χ1v) is 15.7. The molecule has 0 aliphatic carbocycles. The second-order valence-corrected chi connectivity index (χ2v) is 11.8. The van der Waals surface area contributed by atoms with Gasteiger partial charge in [0, 0.05) is 33.9 Å². The molecular formula is C44H29NO. The smallest absolute Gasteiger partial charge is 0.137 e. The monoisotopic (exact) mass is 587 g/mol. The summed E-state index contributed by atoms with van der Waals surface area (Å²) < 4.78 is 6.32. The van der Waals surface area contributed by atoms with Gasteiger partial charge in [-0.2, -0.15) is 0 Å². The van der Waals surface area contributed by atoms with Crippen LogP contribution in [0.2, 0.25) is 0 Å². The number of furan rings is 1. The summed E-state index contributed by atoms with van der Waals surface area (Å²) in [6.45, 7) is 0. The molecule has 0 N–H and O–H groups in total. The van der Waals surface area contributed by atoms with E-state index >= 15 is 0 Å². The average molecular weight is 588 g/mol. The summed E-state index contributed by atoms with van der Waals surface area (Å²) in [6, 6.07) is 62.8. The normalized spacial score (nSPS) is 11.5. The lowest BCUT2D eigenvalue weighted by molar-refractivity contribution is 0.669. The standard InChI is InChI=1S/C44H29NO/c1-2-9-30(10-3-1)31-19-22-36(23-20-31)45(38-25-26-42-41-14-6-7-16-43(41)46-44(42)29-38)37-24-21-33-27-35(18-17-34(33)28-37)40-15-8-12-32-11-4-5-13-39(32)40/h1-29H. The van der Waals surface area contributed by atoms with E-state index in [1.807, 2.05) is 12.1 Å². The fraction of sp³-hybridized carbons (Fsp3) is 0. The SMILES string of the molecule is c1ccc(-c2ccc(N(c3ccc4cc(-c5cccc6ccccc56)ccc4c3)c3ccc4c(c3)oc3ccccc34)cc2)cc1. The molecule has 0 aliphatic rings. The lowest BCUT2D eigenvalue weighted by atomic mass is 9.96. The Bertz CT molecular complexity index is 2520. The van der Waals surface area contributed by atoms with Gasteiger partial charge in [0.1, 0.15) is 11.2 Å². The Kier molecular flexibility index (Phi) is 6.17. The highest BCUT2D eigenvalue weighted by Gasteiger charge is 2.16. The Morgan fingerprint density at radius 3 is 1.83 bits per heavy atom. The van der Waals surface area contributed by atoms with E-state index in [0.29, 0.717) is 0 Å². The molecule has 9 rings (SSSR count). The van der Waals surface area contributed by atoms with Gasteiger partial charge < -0.3 is 9.32 Å². The quantitative estimate of drug-likeness (QED) is 0.199. The van der Waals surface area contributed by atoms with E-state index in [4.69, 9.17) is 4.42 Å². The maximum absolute atomic E-state index is 6.32. The van der Waals surface area contributed by atoms with Crippen molar-refractivity contribution in [3.05, 3.63) is 176 Å². The highest BCUT2D eigenvalue weighted by Crippen LogP contribution is 2.40. The van der Waals surface area contributed by atoms with E-state index in [1.54, 1.807) is 0 Å². The maximum atomic E-state index is 6.32. The summed E-state index contributed by atoms with van der Waals surface area (Å²) in [5, 5.41) is 7.19. The van der Waals surface area contributed by atoms with Crippen molar-refractivity contribution in [1.82, 2.24) is 0 Å². The van der Waals surface area contributed by atoms with Crippen LogP contribution in [-0.4, -0.2) is 0 Å². The molecule has 0 fully saturated rings.